The fourth-order valence-corrected chi connectivity index (χ4v) is 2.81. The Labute approximate surface area is 119 Å². The molecular formula is C13H16BrFN2O2. The molecule has 0 spiro atoms. The highest BCUT2D eigenvalue weighted by Gasteiger charge is 2.22. The van der Waals surface area contributed by atoms with Gasteiger partial charge in [-0.25, -0.2) is 4.39 Å². The molecular weight excluding hydrogens is 315 g/mol. The van der Waals surface area contributed by atoms with Gasteiger partial charge < -0.3 is 16.2 Å². The SMILES string of the molecule is NC(=O)c1c(F)cc(Br)cc1NC1CCC(O)CC1. The van der Waals surface area contributed by atoms with Gasteiger partial charge in [-0.1, -0.05) is 15.9 Å². The summed E-state index contributed by atoms with van der Waals surface area (Å²) in [7, 11) is 0. The molecule has 0 unspecified atom stereocenters. The summed E-state index contributed by atoms with van der Waals surface area (Å²) < 4.78 is 14.3. The Bertz CT molecular complexity index is 488. The Hall–Kier alpha value is -1.14. The van der Waals surface area contributed by atoms with Crippen LogP contribution in [-0.2, 0) is 0 Å². The van der Waals surface area contributed by atoms with Crippen LogP contribution in [0.5, 0.6) is 0 Å². The molecule has 1 aromatic rings. The molecule has 4 nitrogen and oxygen atoms in total. The molecule has 1 aliphatic rings. The molecule has 4 N–H and O–H groups in total. The zero-order valence-corrected chi connectivity index (χ0v) is 11.9. The molecule has 104 valence electrons. The molecule has 0 heterocycles. The number of benzene rings is 1. The van der Waals surface area contributed by atoms with Crippen LogP contribution < -0.4 is 11.1 Å². The lowest BCUT2D eigenvalue weighted by Gasteiger charge is -2.27. The third kappa shape index (κ3) is 3.45. The lowest BCUT2D eigenvalue weighted by atomic mass is 9.92. The average molecular weight is 331 g/mol. The van der Waals surface area contributed by atoms with E-state index in [1.165, 1.54) is 6.07 Å². The van der Waals surface area contributed by atoms with E-state index in [9.17, 15) is 14.3 Å². The van der Waals surface area contributed by atoms with Crippen LogP contribution in [-0.4, -0.2) is 23.2 Å². The highest BCUT2D eigenvalue weighted by molar-refractivity contribution is 9.10. The number of hydrogen-bond donors (Lipinski definition) is 3. The molecule has 0 bridgehead atoms. The van der Waals surface area contributed by atoms with Crippen LogP contribution in [0.1, 0.15) is 36.0 Å². The fourth-order valence-electron chi connectivity index (χ4n) is 2.38. The van der Waals surface area contributed by atoms with E-state index in [4.69, 9.17) is 5.73 Å². The van der Waals surface area contributed by atoms with Gasteiger partial charge in [0.05, 0.1) is 17.4 Å². The number of nitrogens with one attached hydrogen (secondary N) is 1. The van der Waals surface area contributed by atoms with E-state index in [-0.39, 0.29) is 17.7 Å². The number of nitrogens with two attached hydrogens (primary N) is 1. The van der Waals surface area contributed by atoms with Gasteiger partial charge in [0.1, 0.15) is 5.82 Å². The van der Waals surface area contributed by atoms with Gasteiger partial charge in [0, 0.05) is 10.5 Å². The third-order valence-corrected chi connectivity index (χ3v) is 3.82. The van der Waals surface area contributed by atoms with Crippen LogP contribution in [0.3, 0.4) is 0 Å². The lowest BCUT2D eigenvalue weighted by molar-refractivity contribution is 0.0996. The van der Waals surface area contributed by atoms with E-state index in [2.05, 4.69) is 21.2 Å². The second-order valence-electron chi connectivity index (χ2n) is 4.82. The third-order valence-electron chi connectivity index (χ3n) is 3.36. The Morgan fingerprint density at radius 3 is 2.58 bits per heavy atom. The van der Waals surface area contributed by atoms with Gasteiger partial charge in [0.2, 0.25) is 0 Å². The zero-order chi connectivity index (χ0) is 14.0. The summed E-state index contributed by atoms with van der Waals surface area (Å²) in [6, 6.07) is 2.99. The monoisotopic (exact) mass is 330 g/mol. The largest absolute Gasteiger partial charge is 0.393 e. The van der Waals surface area contributed by atoms with Crippen LogP contribution in [0, 0.1) is 5.82 Å². The van der Waals surface area contributed by atoms with Crippen molar-refractivity contribution >= 4 is 27.5 Å². The molecule has 1 amide bonds. The maximum absolute atomic E-state index is 13.8. The smallest absolute Gasteiger partial charge is 0.253 e. The summed E-state index contributed by atoms with van der Waals surface area (Å²) in [5.74, 6) is -1.43. The molecule has 0 atom stereocenters. The number of halogens is 2. The number of carbonyl (C=O) groups is 1. The number of aliphatic hydroxyl groups is 1. The summed E-state index contributed by atoms with van der Waals surface area (Å²) in [5, 5.41) is 12.6. The number of amides is 1. The first-order valence-electron chi connectivity index (χ1n) is 6.21. The molecule has 1 aromatic carbocycles. The van der Waals surface area contributed by atoms with Crippen LogP contribution in [0.15, 0.2) is 16.6 Å². The van der Waals surface area contributed by atoms with Crippen molar-refractivity contribution in [3.05, 3.63) is 28.0 Å². The van der Waals surface area contributed by atoms with Gasteiger partial charge in [0.25, 0.3) is 5.91 Å². The molecule has 2 rings (SSSR count). The summed E-state index contributed by atoms with van der Waals surface area (Å²) >= 11 is 3.20. The van der Waals surface area contributed by atoms with Crippen molar-refractivity contribution < 1.29 is 14.3 Å². The molecule has 19 heavy (non-hydrogen) atoms. The van der Waals surface area contributed by atoms with Crippen molar-refractivity contribution in [1.29, 1.82) is 0 Å². The minimum Gasteiger partial charge on any atom is -0.393 e. The molecule has 1 fully saturated rings. The van der Waals surface area contributed by atoms with Crippen molar-refractivity contribution in [2.75, 3.05) is 5.32 Å². The van der Waals surface area contributed by atoms with E-state index in [0.29, 0.717) is 23.0 Å². The number of rotatable bonds is 3. The van der Waals surface area contributed by atoms with Gasteiger partial charge >= 0.3 is 0 Å². The Kier molecular flexibility index (Phi) is 4.42. The Balaban J connectivity index is 2.21. The van der Waals surface area contributed by atoms with Gasteiger partial charge in [0.15, 0.2) is 0 Å². The molecule has 1 saturated carbocycles. The average Bonchev–Trinajstić information content (AvgIpc) is 2.30. The van der Waals surface area contributed by atoms with E-state index < -0.39 is 11.7 Å². The molecule has 0 aromatic heterocycles. The van der Waals surface area contributed by atoms with E-state index in [1.807, 2.05) is 0 Å². The number of anilines is 1. The maximum atomic E-state index is 13.8. The zero-order valence-electron chi connectivity index (χ0n) is 10.3. The second-order valence-corrected chi connectivity index (χ2v) is 5.74. The standard InChI is InChI=1S/C13H16BrFN2O2/c14-7-5-10(15)12(13(16)19)11(6-7)17-8-1-3-9(18)4-2-8/h5-6,8-9,17-18H,1-4H2,(H2,16,19). The summed E-state index contributed by atoms with van der Waals surface area (Å²) in [6.07, 6.45) is 2.73. The summed E-state index contributed by atoms with van der Waals surface area (Å²) in [5.41, 5.74) is 5.51. The van der Waals surface area contributed by atoms with Crippen molar-refractivity contribution in [3.63, 3.8) is 0 Å². The Morgan fingerprint density at radius 1 is 1.37 bits per heavy atom. The van der Waals surface area contributed by atoms with Gasteiger partial charge in [-0.2, -0.15) is 0 Å². The highest BCUT2D eigenvalue weighted by atomic mass is 79.9. The van der Waals surface area contributed by atoms with Crippen LogP contribution >= 0.6 is 15.9 Å². The topological polar surface area (TPSA) is 75.4 Å². The van der Waals surface area contributed by atoms with Gasteiger partial charge in [-0.3, -0.25) is 4.79 Å². The first-order chi connectivity index (χ1) is 8.97. The molecule has 6 heteroatoms. The normalized spacial score (nSPS) is 23.1. The molecule has 0 aliphatic heterocycles. The lowest BCUT2D eigenvalue weighted by Crippen LogP contribution is -2.29. The van der Waals surface area contributed by atoms with Crippen LogP contribution in [0.4, 0.5) is 10.1 Å². The second kappa shape index (κ2) is 5.88. The summed E-state index contributed by atoms with van der Waals surface area (Å²) in [4.78, 5) is 11.3. The minimum atomic E-state index is -0.789. The first-order valence-corrected chi connectivity index (χ1v) is 7.00. The Morgan fingerprint density at radius 2 is 2.00 bits per heavy atom. The van der Waals surface area contributed by atoms with E-state index >= 15 is 0 Å². The number of hydrogen-bond acceptors (Lipinski definition) is 3. The van der Waals surface area contributed by atoms with Crippen molar-refractivity contribution in [3.8, 4) is 0 Å². The van der Waals surface area contributed by atoms with E-state index in [0.717, 1.165) is 12.8 Å². The minimum absolute atomic E-state index is 0.116. The van der Waals surface area contributed by atoms with Crippen LogP contribution in [0.25, 0.3) is 0 Å². The number of aliphatic hydroxyl groups excluding tert-OH is 1. The molecule has 1 aliphatic carbocycles. The number of primary amides is 1. The van der Waals surface area contributed by atoms with Crippen molar-refractivity contribution in [2.24, 2.45) is 5.73 Å². The van der Waals surface area contributed by atoms with Crippen molar-refractivity contribution in [1.82, 2.24) is 0 Å². The predicted octanol–water partition coefficient (Wildman–Crippen LogP) is 2.40. The number of carbonyl (C=O) groups excluding carboxylic acids is 1. The fraction of sp³-hybridized carbons (Fsp3) is 0.462. The van der Waals surface area contributed by atoms with Gasteiger partial charge in [-0.05, 0) is 37.8 Å². The van der Waals surface area contributed by atoms with Crippen molar-refractivity contribution in [2.45, 2.75) is 37.8 Å². The summed E-state index contributed by atoms with van der Waals surface area (Å²) in [6.45, 7) is 0. The molecule has 0 saturated heterocycles. The first kappa shape index (κ1) is 14.3. The van der Waals surface area contributed by atoms with Gasteiger partial charge in [-0.15, -0.1) is 0 Å². The molecule has 0 radical (unpaired) electrons. The quantitative estimate of drug-likeness (QED) is 0.796. The predicted molar refractivity (Wildman–Crippen MR) is 74.5 cm³/mol. The maximum Gasteiger partial charge on any atom is 0.253 e. The van der Waals surface area contributed by atoms with Crippen LogP contribution in [0.2, 0.25) is 0 Å². The van der Waals surface area contributed by atoms with E-state index in [1.54, 1.807) is 6.07 Å². The highest BCUT2D eigenvalue weighted by Crippen LogP contribution is 2.28.